The van der Waals surface area contributed by atoms with Crippen molar-refractivity contribution in [3.05, 3.63) is 29.8 Å². The van der Waals surface area contributed by atoms with E-state index in [2.05, 4.69) is 5.32 Å². The molecule has 1 aromatic rings. The average molecular weight is 262 g/mol. The highest BCUT2D eigenvalue weighted by Gasteiger charge is 2.28. The number of nitrogens with zero attached hydrogens (tertiary/aromatic N) is 1. The molecule has 0 aromatic heterocycles. The molecule has 0 aliphatic carbocycles. The van der Waals surface area contributed by atoms with Crippen LogP contribution >= 0.6 is 0 Å². The molecule has 4 nitrogen and oxygen atoms in total. The molecule has 1 fully saturated rings. The van der Waals surface area contributed by atoms with Gasteiger partial charge in [0.2, 0.25) is 0 Å². The van der Waals surface area contributed by atoms with E-state index in [-0.39, 0.29) is 17.9 Å². The zero-order chi connectivity index (χ0) is 13.8. The van der Waals surface area contributed by atoms with E-state index in [0.717, 1.165) is 12.2 Å². The van der Waals surface area contributed by atoms with Gasteiger partial charge < -0.3 is 15.3 Å². The van der Waals surface area contributed by atoms with Crippen molar-refractivity contribution in [1.29, 1.82) is 0 Å². The van der Waals surface area contributed by atoms with Crippen LogP contribution in [0, 0.1) is 5.92 Å². The Balaban J connectivity index is 2.15. The van der Waals surface area contributed by atoms with Crippen LogP contribution in [0.15, 0.2) is 24.3 Å². The summed E-state index contributed by atoms with van der Waals surface area (Å²) < 4.78 is 0. The molecule has 19 heavy (non-hydrogen) atoms. The van der Waals surface area contributed by atoms with Crippen LogP contribution in [0.2, 0.25) is 0 Å². The second-order valence-electron chi connectivity index (χ2n) is 5.16. The van der Waals surface area contributed by atoms with Crippen molar-refractivity contribution in [3.63, 3.8) is 0 Å². The van der Waals surface area contributed by atoms with Crippen molar-refractivity contribution in [1.82, 2.24) is 4.90 Å². The minimum atomic E-state index is -0.284. The molecule has 1 aliphatic rings. The molecular formula is C15H22N2O2. The van der Waals surface area contributed by atoms with Crippen molar-refractivity contribution in [3.8, 4) is 0 Å². The molecule has 2 atom stereocenters. The summed E-state index contributed by atoms with van der Waals surface area (Å²) in [4.78, 5) is 14.4. The molecule has 104 valence electrons. The standard InChI is InChI=1S/C15H22N2O2/c1-3-16-13-7-5-4-6-12(13)15(19)17-9-8-14(18)11(2)10-17/h4-7,11,14,16,18H,3,8-10H2,1-2H3. The normalized spacial score (nSPS) is 23.2. The second-order valence-corrected chi connectivity index (χ2v) is 5.16. The van der Waals surface area contributed by atoms with E-state index in [1.807, 2.05) is 43.0 Å². The maximum Gasteiger partial charge on any atom is 0.255 e. The molecule has 2 rings (SSSR count). The summed E-state index contributed by atoms with van der Waals surface area (Å²) in [6.45, 7) is 6.05. The zero-order valence-corrected chi connectivity index (χ0v) is 11.6. The Morgan fingerprint density at radius 2 is 2.21 bits per heavy atom. The minimum absolute atomic E-state index is 0.0512. The van der Waals surface area contributed by atoms with E-state index in [9.17, 15) is 9.90 Å². The number of benzene rings is 1. The molecule has 4 heteroatoms. The lowest BCUT2D eigenvalue weighted by Gasteiger charge is -2.34. The van der Waals surface area contributed by atoms with Crippen LogP contribution in [-0.4, -0.2) is 41.7 Å². The molecular weight excluding hydrogens is 240 g/mol. The third-order valence-electron chi connectivity index (χ3n) is 3.67. The van der Waals surface area contributed by atoms with Gasteiger partial charge in [0.05, 0.1) is 11.7 Å². The lowest BCUT2D eigenvalue weighted by Crippen LogP contribution is -2.45. The maximum absolute atomic E-state index is 12.6. The summed E-state index contributed by atoms with van der Waals surface area (Å²) in [7, 11) is 0. The number of carbonyl (C=O) groups excluding carboxylic acids is 1. The largest absolute Gasteiger partial charge is 0.393 e. The number of amides is 1. The van der Waals surface area contributed by atoms with Crippen LogP contribution < -0.4 is 5.32 Å². The Kier molecular flexibility index (Phi) is 4.43. The molecule has 0 radical (unpaired) electrons. The predicted molar refractivity (Wildman–Crippen MR) is 76.3 cm³/mol. The number of hydrogen-bond acceptors (Lipinski definition) is 3. The molecule has 2 unspecified atom stereocenters. The number of rotatable bonds is 3. The van der Waals surface area contributed by atoms with Crippen LogP contribution in [-0.2, 0) is 0 Å². The molecule has 1 aromatic carbocycles. The number of aliphatic hydroxyl groups excluding tert-OH is 1. The Labute approximate surface area is 114 Å². The Morgan fingerprint density at radius 1 is 1.47 bits per heavy atom. The second kappa shape index (κ2) is 6.06. The van der Waals surface area contributed by atoms with Crippen LogP contribution in [0.5, 0.6) is 0 Å². The highest BCUT2D eigenvalue weighted by atomic mass is 16.3. The first-order chi connectivity index (χ1) is 9.13. The van der Waals surface area contributed by atoms with Gasteiger partial charge in [-0.15, -0.1) is 0 Å². The number of likely N-dealkylation sites (tertiary alicyclic amines) is 1. The quantitative estimate of drug-likeness (QED) is 0.875. The van der Waals surface area contributed by atoms with Gasteiger partial charge in [0.25, 0.3) is 5.91 Å². The lowest BCUT2D eigenvalue weighted by atomic mass is 9.96. The highest BCUT2D eigenvalue weighted by Crippen LogP contribution is 2.22. The summed E-state index contributed by atoms with van der Waals surface area (Å²) in [6, 6.07) is 7.60. The third kappa shape index (κ3) is 3.07. The first kappa shape index (κ1) is 13.9. The number of nitrogens with one attached hydrogen (secondary N) is 1. The summed E-state index contributed by atoms with van der Waals surface area (Å²) >= 11 is 0. The minimum Gasteiger partial charge on any atom is -0.393 e. The van der Waals surface area contributed by atoms with Gasteiger partial charge in [-0.2, -0.15) is 0 Å². The monoisotopic (exact) mass is 262 g/mol. The molecule has 1 saturated heterocycles. The van der Waals surface area contributed by atoms with Crippen LogP contribution in [0.25, 0.3) is 0 Å². The van der Waals surface area contributed by atoms with Crippen LogP contribution in [0.4, 0.5) is 5.69 Å². The molecule has 0 bridgehead atoms. The maximum atomic E-state index is 12.6. The van der Waals surface area contributed by atoms with E-state index in [1.165, 1.54) is 0 Å². The highest BCUT2D eigenvalue weighted by molar-refractivity contribution is 5.99. The number of para-hydroxylation sites is 1. The Hall–Kier alpha value is -1.55. The topological polar surface area (TPSA) is 52.6 Å². The van der Waals surface area contributed by atoms with E-state index in [4.69, 9.17) is 0 Å². The van der Waals surface area contributed by atoms with Gasteiger partial charge in [0.1, 0.15) is 0 Å². The Morgan fingerprint density at radius 3 is 2.89 bits per heavy atom. The predicted octanol–water partition coefficient (Wildman–Crippen LogP) is 1.96. The smallest absolute Gasteiger partial charge is 0.255 e. The molecule has 0 saturated carbocycles. The number of anilines is 1. The van der Waals surface area contributed by atoms with E-state index in [1.54, 1.807) is 0 Å². The Bertz CT molecular complexity index is 448. The van der Waals surface area contributed by atoms with Crippen molar-refractivity contribution < 1.29 is 9.90 Å². The number of aliphatic hydroxyl groups is 1. The fourth-order valence-corrected chi connectivity index (χ4v) is 2.50. The molecule has 1 aliphatic heterocycles. The molecule has 1 amide bonds. The summed E-state index contributed by atoms with van der Waals surface area (Å²) in [6.07, 6.45) is 0.379. The van der Waals surface area contributed by atoms with Crippen molar-refractivity contribution in [2.45, 2.75) is 26.4 Å². The van der Waals surface area contributed by atoms with E-state index >= 15 is 0 Å². The van der Waals surface area contributed by atoms with Crippen molar-refractivity contribution >= 4 is 11.6 Å². The third-order valence-corrected chi connectivity index (χ3v) is 3.67. The van der Waals surface area contributed by atoms with Crippen molar-refractivity contribution in [2.24, 2.45) is 5.92 Å². The van der Waals surface area contributed by atoms with Crippen LogP contribution in [0.3, 0.4) is 0 Å². The first-order valence-electron chi connectivity index (χ1n) is 6.93. The van der Waals surface area contributed by atoms with Crippen LogP contribution in [0.1, 0.15) is 30.6 Å². The molecule has 1 heterocycles. The van der Waals surface area contributed by atoms with Gasteiger partial charge in [-0.25, -0.2) is 0 Å². The SMILES string of the molecule is CCNc1ccccc1C(=O)N1CCC(O)C(C)C1. The van der Waals surface area contributed by atoms with Crippen molar-refractivity contribution in [2.75, 3.05) is 25.0 Å². The number of hydrogen-bond donors (Lipinski definition) is 2. The lowest BCUT2D eigenvalue weighted by molar-refractivity contribution is 0.0298. The molecule has 0 spiro atoms. The summed E-state index contributed by atoms with van der Waals surface area (Å²) in [5, 5.41) is 13.0. The first-order valence-corrected chi connectivity index (χ1v) is 6.93. The fourth-order valence-electron chi connectivity index (χ4n) is 2.50. The van der Waals surface area contributed by atoms with Gasteiger partial charge in [-0.05, 0) is 31.4 Å². The van der Waals surface area contributed by atoms with Gasteiger partial charge in [0, 0.05) is 25.3 Å². The number of carbonyl (C=O) groups is 1. The summed E-state index contributed by atoms with van der Waals surface area (Å²) in [5.74, 6) is 0.194. The van der Waals surface area contributed by atoms with Gasteiger partial charge in [-0.1, -0.05) is 19.1 Å². The zero-order valence-electron chi connectivity index (χ0n) is 11.6. The summed E-state index contributed by atoms with van der Waals surface area (Å²) in [5.41, 5.74) is 1.60. The van der Waals surface area contributed by atoms with E-state index in [0.29, 0.717) is 25.1 Å². The fraction of sp³-hybridized carbons (Fsp3) is 0.533. The van der Waals surface area contributed by atoms with Gasteiger partial charge in [-0.3, -0.25) is 4.79 Å². The number of piperidine rings is 1. The van der Waals surface area contributed by atoms with Gasteiger partial charge in [0.15, 0.2) is 0 Å². The van der Waals surface area contributed by atoms with E-state index < -0.39 is 0 Å². The molecule has 2 N–H and O–H groups in total. The average Bonchev–Trinajstić information content (AvgIpc) is 2.42. The van der Waals surface area contributed by atoms with Gasteiger partial charge >= 0.3 is 0 Å².